The molecule has 0 amide bonds. The molecule has 0 bridgehead atoms. The van der Waals surface area contributed by atoms with Gasteiger partial charge in [0.2, 0.25) is 5.95 Å². The van der Waals surface area contributed by atoms with Crippen LogP contribution in [0, 0.1) is 0 Å². The van der Waals surface area contributed by atoms with Gasteiger partial charge in [0, 0.05) is 0 Å². The summed E-state index contributed by atoms with van der Waals surface area (Å²) in [6.45, 7) is 0. The van der Waals surface area contributed by atoms with Crippen LogP contribution in [0.15, 0.2) is 11.1 Å². The van der Waals surface area contributed by atoms with Crippen molar-refractivity contribution < 1.29 is 25.2 Å². The summed E-state index contributed by atoms with van der Waals surface area (Å²) in [7, 11) is 0. The molecule has 114 valence electrons. The summed E-state index contributed by atoms with van der Waals surface area (Å²) >= 11 is 0. The van der Waals surface area contributed by atoms with E-state index in [0.717, 1.165) is 0 Å². The van der Waals surface area contributed by atoms with Gasteiger partial charge in [-0.15, -0.1) is 0 Å². The minimum Gasteiger partial charge on any atom is -0.387 e. The number of fused-ring (bicyclic) bond motifs is 1. The van der Waals surface area contributed by atoms with Gasteiger partial charge in [0.15, 0.2) is 23.7 Å². The van der Waals surface area contributed by atoms with Crippen LogP contribution in [0.4, 0.5) is 5.95 Å². The van der Waals surface area contributed by atoms with Crippen molar-refractivity contribution in [2.24, 2.45) is 0 Å². The SMILES string of the molecule is Nc1nc2c(ncn2[C@@H]2O[C@H](C(O)O)[C@@H](O)[C@H]2O)c(=O)[nH]1. The average molecular weight is 299 g/mol. The Balaban J connectivity index is 2.07. The molecule has 1 aliphatic heterocycles. The number of nitrogens with one attached hydrogen (secondary N) is 1. The van der Waals surface area contributed by atoms with Crippen LogP contribution in [-0.4, -0.2) is 64.5 Å². The van der Waals surface area contributed by atoms with E-state index >= 15 is 0 Å². The molecule has 1 saturated heterocycles. The molecular weight excluding hydrogens is 286 g/mol. The highest BCUT2D eigenvalue weighted by atomic mass is 16.6. The largest absolute Gasteiger partial charge is 0.387 e. The van der Waals surface area contributed by atoms with Crippen LogP contribution in [-0.2, 0) is 4.74 Å². The third kappa shape index (κ3) is 2.07. The maximum absolute atomic E-state index is 11.7. The van der Waals surface area contributed by atoms with Crippen molar-refractivity contribution >= 4 is 17.1 Å². The maximum Gasteiger partial charge on any atom is 0.280 e. The van der Waals surface area contributed by atoms with Gasteiger partial charge in [-0.1, -0.05) is 0 Å². The quantitative estimate of drug-likeness (QED) is 0.308. The summed E-state index contributed by atoms with van der Waals surface area (Å²) in [6, 6.07) is 0. The highest BCUT2D eigenvalue weighted by Crippen LogP contribution is 2.32. The van der Waals surface area contributed by atoms with E-state index in [9.17, 15) is 15.0 Å². The standard InChI is InChI=1S/C10H13N5O6/c11-10-13-6-2(7(18)14-10)12-1-15(6)8-4(17)3(16)5(21-8)9(19)20/h1,3-5,8-9,16-17,19-20H,(H3,11,13,14,18)/t3-,4+,5-,8+/m0/s1. The lowest BCUT2D eigenvalue weighted by atomic mass is 10.1. The Kier molecular flexibility index (Phi) is 3.15. The molecule has 21 heavy (non-hydrogen) atoms. The van der Waals surface area contributed by atoms with Gasteiger partial charge in [0.25, 0.3) is 5.56 Å². The first-order chi connectivity index (χ1) is 9.90. The summed E-state index contributed by atoms with van der Waals surface area (Å²) in [5.74, 6) is -0.152. The summed E-state index contributed by atoms with van der Waals surface area (Å²) in [5.41, 5.74) is 4.90. The fourth-order valence-electron chi connectivity index (χ4n) is 2.29. The Labute approximate surface area is 116 Å². The summed E-state index contributed by atoms with van der Waals surface area (Å²) < 4.78 is 6.40. The first-order valence-corrected chi connectivity index (χ1v) is 6.00. The lowest BCUT2D eigenvalue weighted by molar-refractivity contribution is -0.167. The molecule has 0 aliphatic carbocycles. The van der Waals surface area contributed by atoms with Gasteiger partial charge < -0.3 is 30.9 Å². The second-order valence-corrected chi connectivity index (χ2v) is 4.66. The van der Waals surface area contributed by atoms with Crippen molar-refractivity contribution in [3.8, 4) is 0 Å². The van der Waals surface area contributed by atoms with Gasteiger partial charge in [0.05, 0.1) is 6.33 Å². The van der Waals surface area contributed by atoms with E-state index in [1.54, 1.807) is 0 Å². The van der Waals surface area contributed by atoms with Crippen LogP contribution < -0.4 is 11.3 Å². The summed E-state index contributed by atoms with van der Waals surface area (Å²) in [6.07, 6.45) is -6.37. The average Bonchev–Trinajstić information content (AvgIpc) is 2.93. The topological polar surface area (TPSA) is 180 Å². The first-order valence-electron chi connectivity index (χ1n) is 6.00. The molecular formula is C10H13N5O6. The zero-order valence-electron chi connectivity index (χ0n) is 10.5. The van der Waals surface area contributed by atoms with Gasteiger partial charge in [-0.25, -0.2) is 4.98 Å². The number of nitrogens with two attached hydrogens (primary N) is 1. The number of ether oxygens (including phenoxy) is 1. The van der Waals surface area contributed by atoms with Crippen molar-refractivity contribution in [2.45, 2.75) is 30.8 Å². The van der Waals surface area contributed by atoms with E-state index in [2.05, 4.69) is 15.0 Å². The minimum absolute atomic E-state index is 0.0255. The molecule has 0 radical (unpaired) electrons. The molecule has 0 aromatic carbocycles. The second kappa shape index (κ2) is 4.75. The minimum atomic E-state index is -1.98. The smallest absolute Gasteiger partial charge is 0.280 e. The summed E-state index contributed by atoms with van der Waals surface area (Å²) in [5, 5.41) is 37.9. The number of imidazole rings is 1. The van der Waals surface area contributed by atoms with Crippen molar-refractivity contribution in [3.05, 3.63) is 16.7 Å². The molecule has 0 saturated carbocycles. The Bertz CT molecular complexity index is 726. The van der Waals surface area contributed by atoms with E-state index in [0.29, 0.717) is 0 Å². The fraction of sp³-hybridized carbons (Fsp3) is 0.500. The van der Waals surface area contributed by atoms with E-state index in [1.165, 1.54) is 10.9 Å². The fourth-order valence-corrected chi connectivity index (χ4v) is 2.29. The van der Waals surface area contributed by atoms with E-state index in [-0.39, 0.29) is 17.1 Å². The lowest BCUT2D eigenvalue weighted by Gasteiger charge is -2.16. The Morgan fingerprint density at radius 1 is 1.38 bits per heavy atom. The van der Waals surface area contributed by atoms with E-state index in [4.69, 9.17) is 20.7 Å². The number of H-pyrrole nitrogens is 1. The normalized spacial score (nSPS) is 29.6. The number of aromatic amines is 1. The zero-order chi connectivity index (χ0) is 15.3. The third-order valence-electron chi connectivity index (χ3n) is 3.29. The lowest BCUT2D eigenvalue weighted by Crippen LogP contribution is -2.38. The van der Waals surface area contributed by atoms with Crippen LogP contribution in [0.5, 0.6) is 0 Å². The predicted molar refractivity (Wildman–Crippen MR) is 66.7 cm³/mol. The van der Waals surface area contributed by atoms with Gasteiger partial charge in [-0.2, -0.15) is 4.98 Å². The first kappa shape index (κ1) is 13.9. The van der Waals surface area contributed by atoms with Crippen molar-refractivity contribution in [1.82, 2.24) is 19.5 Å². The third-order valence-corrected chi connectivity index (χ3v) is 3.29. The molecule has 11 nitrogen and oxygen atoms in total. The highest BCUT2D eigenvalue weighted by Gasteiger charge is 2.47. The van der Waals surface area contributed by atoms with Crippen LogP contribution in [0.3, 0.4) is 0 Å². The number of aliphatic hydroxyl groups excluding tert-OH is 3. The van der Waals surface area contributed by atoms with Crippen molar-refractivity contribution in [2.75, 3.05) is 5.73 Å². The number of aliphatic hydroxyl groups is 4. The number of hydrogen-bond donors (Lipinski definition) is 6. The maximum atomic E-state index is 11.7. The van der Waals surface area contributed by atoms with Gasteiger partial charge in [-0.05, 0) is 0 Å². The molecule has 3 rings (SSSR count). The van der Waals surface area contributed by atoms with E-state index in [1.807, 2.05) is 0 Å². The molecule has 11 heteroatoms. The van der Waals surface area contributed by atoms with Gasteiger partial charge in [-0.3, -0.25) is 14.3 Å². The van der Waals surface area contributed by atoms with Crippen LogP contribution in [0.25, 0.3) is 11.2 Å². The Hall–Kier alpha value is -2.05. The van der Waals surface area contributed by atoms with Crippen LogP contribution >= 0.6 is 0 Å². The number of anilines is 1. The molecule has 7 N–H and O–H groups in total. The van der Waals surface area contributed by atoms with E-state index < -0.39 is 36.4 Å². The number of rotatable bonds is 2. The second-order valence-electron chi connectivity index (χ2n) is 4.66. The van der Waals surface area contributed by atoms with Crippen molar-refractivity contribution in [1.29, 1.82) is 0 Å². The number of aromatic nitrogens is 4. The van der Waals surface area contributed by atoms with Gasteiger partial charge >= 0.3 is 0 Å². The molecule has 4 atom stereocenters. The summed E-state index contributed by atoms with van der Waals surface area (Å²) in [4.78, 5) is 21.7. The Morgan fingerprint density at radius 3 is 2.71 bits per heavy atom. The van der Waals surface area contributed by atoms with Crippen LogP contribution in [0.2, 0.25) is 0 Å². The monoisotopic (exact) mass is 299 g/mol. The predicted octanol–water partition coefficient (Wildman–Crippen LogP) is -3.37. The van der Waals surface area contributed by atoms with Crippen LogP contribution in [0.1, 0.15) is 6.23 Å². The molecule has 1 fully saturated rings. The van der Waals surface area contributed by atoms with Crippen molar-refractivity contribution in [3.63, 3.8) is 0 Å². The van der Waals surface area contributed by atoms with Gasteiger partial charge in [0.1, 0.15) is 18.3 Å². The molecule has 2 aromatic rings. The Morgan fingerprint density at radius 2 is 2.10 bits per heavy atom. The molecule has 0 spiro atoms. The number of nitrogens with zero attached hydrogens (tertiary/aromatic N) is 3. The molecule has 1 aliphatic rings. The highest BCUT2D eigenvalue weighted by molar-refractivity contribution is 5.70. The molecule has 0 unspecified atom stereocenters. The zero-order valence-corrected chi connectivity index (χ0v) is 10.5. The number of hydrogen-bond acceptors (Lipinski definition) is 9. The molecule has 2 aromatic heterocycles. The number of nitrogen functional groups attached to an aromatic ring is 1. The molecule has 3 heterocycles.